The van der Waals surface area contributed by atoms with Gasteiger partial charge in [-0.3, -0.25) is 4.68 Å². The molecule has 1 aromatic carbocycles. The van der Waals surface area contributed by atoms with Crippen molar-refractivity contribution >= 4 is 53.1 Å². The summed E-state index contributed by atoms with van der Waals surface area (Å²) in [4.78, 5) is 4.71. The molecular weight excluding hydrogens is 484 g/mol. The van der Waals surface area contributed by atoms with Gasteiger partial charge in [0.1, 0.15) is 0 Å². The zero-order chi connectivity index (χ0) is 18.6. The van der Waals surface area contributed by atoms with Crippen molar-refractivity contribution in [2.75, 3.05) is 6.54 Å². The van der Waals surface area contributed by atoms with E-state index in [-0.39, 0.29) is 30.0 Å². The van der Waals surface area contributed by atoms with Crippen LogP contribution >= 0.6 is 47.2 Å². The summed E-state index contributed by atoms with van der Waals surface area (Å²) in [6.07, 6.45) is 0. The molecule has 1 atom stereocenters. The molecule has 8 heteroatoms. The highest BCUT2D eigenvalue weighted by atomic mass is 127. The quantitative estimate of drug-likeness (QED) is 0.346. The Kier molecular flexibility index (Phi) is 9.19. The normalized spacial score (nSPS) is 12.5. The number of nitrogens with zero attached hydrogens (tertiary/aromatic N) is 3. The Morgan fingerprint density at radius 2 is 1.96 bits per heavy atom. The maximum absolute atomic E-state index is 6.12. The maximum Gasteiger partial charge on any atom is 0.192 e. The Hall–Kier alpha value is -0.990. The number of hydrogen-bond acceptors (Lipinski definition) is 2. The first-order valence-corrected chi connectivity index (χ1v) is 9.08. The minimum atomic E-state index is 0. The second-order valence-electron chi connectivity index (χ2n) is 6.01. The summed E-state index contributed by atoms with van der Waals surface area (Å²) in [5.41, 5.74) is 4.35. The minimum absolute atomic E-state index is 0. The number of hydrogen-bond donors (Lipinski definition) is 2. The summed E-state index contributed by atoms with van der Waals surface area (Å²) in [5.74, 6) is 0.753. The second-order valence-corrected chi connectivity index (χ2v) is 6.82. The van der Waals surface area contributed by atoms with E-state index in [1.807, 2.05) is 43.8 Å². The number of nitrogens with one attached hydrogen (secondary N) is 2. The lowest BCUT2D eigenvalue weighted by molar-refractivity contribution is 0.686. The van der Waals surface area contributed by atoms with E-state index in [9.17, 15) is 0 Å². The number of benzene rings is 1. The summed E-state index contributed by atoms with van der Waals surface area (Å²) in [6.45, 7) is 9.54. The molecule has 0 aliphatic heterocycles. The van der Waals surface area contributed by atoms with Crippen molar-refractivity contribution < 1.29 is 0 Å². The fraction of sp³-hybridized carbons (Fsp3) is 0.444. The molecule has 0 aliphatic carbocycles. The van der Waals surface area contributed by atoms with E-state index >= 15 is 0 Å². The first kappa shape index (κ1) is 23.0. The van der Waals surface area contributed by atoms with Crippen molar-refractivity contribution in [3.63, 3.8) is 0 Å². The Bertz CT molecular complexity index is 773. The monoisotopic (exact) mass is 509 g/mol. The molecule has 0 saturated carbocycles. The smallest absolute Gasteiger partial charge is 0.192 e. The van der Waals surface area contributed by atoms with Crippen LogP contribution in [0.3, 0.4) is 0 Å². The summed E-state index contributed by atoms with van der Waals surface area (Å²) < 4.78 is 1.89. The predicted octanol–water partition coefficient (Wildman–Crippen LogP) is 4.78. The van der Waals surface area contributed by atoms with Crippen LogP contribution in [0.25, 0.3) is 0 Å². The largest absolute Gasteiger partial charge is 0.357 e. The molecule has 0 aliphatic rings. The van der Waals surface area contributed by atoms with Crippen LogP contribution < -0.4 is 10.6 Å². The lowest BCUT2D eigenvalue weighted by atomic mass is 10.1. The van der Waals surface area contributed by atoms with E-state index < -0.39 is 0 Å². The van der Waals surface area contributed by atoms with E-state index in [1.54, 1.807) is 0 Å². The topological polar surface area (TPSA) is 54.2 Å². The average molecular weight is 510 g/mol. The van der Waals surface area contributed by atoms with Crippen molar-refractivity contribution in [3.05, 3.63) is 50.8 Å². The van der Waals surface area contributed by atoms with Gasteiger partial charge >= 0.3 is 0 Å². The third kappa shape index (κ3) is 5.76. The van der Waals surface area contributed by atoms with Crippen molar-refractivity contribution in [1.82, 2.24) is 20.4 Å². The lowest BCUT2D eigenvalue weighted by Gasteiger charge is -2.18. The number of aromatic nitrogens is 2. The van der Waals surface area contributed by atoms with E-state index in [2.05, 4.69) is 29.6 Å². The van der Waals surface area contributed by atoms with Crippen molar-refractivity contribution in [1.29, 1.82) is 0 Å². The predicted molar refractivity (Wildman–Crippen MR) is 121 cm³/mol. The van der Waals surface area contributed by atoms with Gasteiger partial charge in [0.25, 0.3) is 0 Å². The van der Waals surface area contributed by atoms with E-state index in [1.165, 1.54) is 0 Å². The van der Waals surface area contributed by atoms with Gasteiger partial charge in [-0.1, -0.05) is 29.3 Å². The summed E-state index contributed by atoms with van der Waals surface area (Å²) in [5, 5.41) is 12.2. The number of aryl methyl sites for hydroxylation is 2. The van der Waals surface area contributed by atoms with Crippen LogP contribution in [-0.2, 0) is 13.6 Å². The first-order valence-electron chi connectivity index (χ1n) is 8.32. The molecule has 1 unspecified atom stereocenters. The van der Waals surface area contributed by atoms with Gasteiger partial charge in [-0.2, -0.15) is 5.10 Å². The van der Waals surface area contributed by atoms with Crippen molar-refractivity contribution in [3.8, 4) is 0 Å². The molecule has 26 heavy (non-hydrogen) atoms. The Balaban J connectivity index is 0.00000338. The number of rotatable bonds is 5. The number of halogens is 3. The van der Waals surface area contributed by atoms with Crippen molar-refractivity contribution in [2.24, 2.45) is 12.0 Å². The third-order valence-electron chi connectivity index (χ3n) is 4.20. The van der Waals surface area contributed by atoms with Crippen molar-refractivity contribution in [2.45, 2.75) is 40.3 Å². The van der Waals surface area contributed by atoms with Gasteiger partial charge in [-0.15, -0.1) is 24.0 Å². The molecule has 144 valence electrons. The SMILES string of the molecule is CCNC(=NCc1c(C)nn(C)c1C)NC(C)c1ccc(Cl)c(Cl)c1.I. The molecule has 0 bridgehead atoms. The molecule has 0 saturated heterocycles. The average Bonchev–Trinajstić information content (AvgIpc) is 2.80. The van der Waals surface area contributed by atoms with Gasteiger partial charge in [0.2, 0.25) is 0 Å². The highest BCUT2D eigenvalue weighted by Gasteiger charge is 2.12. The number of aliphatic imine (C=N–C) groups is 1. The molecule has 1 heterocycles. The Morgan fingerprint density at radius 1 is 1.27 bits per heavy atom. The van der Waals surface area contributed by atoms with Crippen LogP contribution in [-0.4, -0.2) is 22.3 Å². The molecule has 2 rings (SSSR count). The van der Waals surface area contributed by atoms with Crippen LogP contribution in [0.5, 0.6) is 0 Å². The maximum atomic E-state index is 6.12. The van der Waals surface area contributed by atoms with E-state index in [4.69, 9.17) is 28.2 Å². The number of guanidine groups is 1. The van der Waals surface area contributed by atoms with Crippen LogP contribution in [0.4, 0.5) is 0 Å². The molecule has 1 aromatic heterocycles. The molecule has 2 aromatic rings. The fourth-order valence-corrected chi connectivity index (χ4v) is 2.90. The summed E-state index contributed by atoms with van der Waals surface area (Å²) >= 11 is 12.1. The Morgan fingerprint density at radius 3 is 2.50 bits per heavy atom. The van der Waals surface area contributed by atoms with Gasteiger partial charge in [0, 0.05) is 24.8 Å². The van der Waals surface area contributed by atoms with E-state index in [0.717, 1.165) is 35.0 Å². The Labute approximate surface area is 182 Å². The van der Waals surface area contributed by atoms with Crippen LogP contribution in [0.1, 0.15) is 42.4 Å². The van der Waals surface area contributed by atoms with Gasteiger partial charge in [-0.25, -0.2) is 4.99 Å². The van der Waals surface area contributed by atoms with Crippen LogP contribution in [0, 0.1) is 13.8 Å². The summed E-state index contributed by atoms with van der Waals surface area (Å²) in [7, 11) is 1.95. The van der Waals surface area contributed by atoms with Crippen LogP contribution in [0.2, 0.25) is 10.0 Å². The van der Waals surface area contributed by atoms with Gasteiger partial charge in [0.15, 0.2) is 5.96 Å². The molecule has 0 spiro atoms. The highest BCUT2D eigenvalue weighted by molar-refractivity contribution is 14.0. The van der Waals surface area contributed by atoms with Gasteiger partial charge in [-0.05, 0) is 45.4 Å². The molecule has 0 amide bonds. The minimum Gasteiger partial charge on any atom is -0.357 e. The van der Waals surface area contributed by atoms with Gasteiger partial charge < -0.3 is 10.6 Å². The first-order chi connectivity index (χ1) is 11.8. The molecule has 0 fully saturated rings. The molecule has 0 radical (unpaired) electrons. The zero-order valence-corrected chi connectivity index (χ0v) is 19.6. The lowest BCUT2D eigenvalue weighted by Crippen LogP contribution is -2.38. The van der Waals surface area contributed by atoms with Gasteiger partial charge in [0.05, 0.1) is 28.3 Å². The third-order valence-corrected chi connectivity index (χ3v) is 4.93. The highest BCUT2D eigenvalue weighted by Crippen LogP contribution is 2.25. The van der Waals surface area contributed by atoms with E-state index in [0.29, 0.717) is 16.6 Å². The molecule has 5 nitrogen and oxygen atoms in total. The van der Waals surface area contributed by atoms with Crippen LogP contribution in [0.15, 0.2) is 23.2 Å². The standard InChI is InChI=1S/C18H25Cl2N5.HI/c1-6-21-18(22-10-15-12(3)24-25(5)13(15)4)23-11(2)14-7-8-16(19)17(20)9-14;/h7-9,11H,6,10H2,1-5H3,(H2,21,22,23);1H. The summed E-state index contributed by atoms with van der Waals surface area (Å²) in [6, 6.07) is 5.69. The second kappa shape index (κ2) is 10.4. The zero-order valence-electron chi connectivity index (χ0n) is 15.7. The molecular formula is C18H26Cl2IN5. The molecule has 2 N–H and O–H groups in total. The fourth-order valence-electron chi connectivity index (χ4n) is 2.59.